The maximum Gasteiger partial charge on any atom is 0.406 e. The second-order valence-electron chi connectivity index (χ2n) is 4.34. The fraction of sp³-hybridized carbons (Fsp3) is 0.308. The van der Waals surface area contributed by atoms with Gasteiger partial charge in [-0.1, -0.05) is 6.07 Å². The summed E-state index contributed by atoms with van der Waals surface area (Å²) in [7, 11) is 0. The van der Waals surface area contributed by atoms with Gasteiger partial charge in [0.05, 0.1) is 6.54 Å². The van der Waals surface area contributed by atoms with E-state index < -0.39 is 18.8 Å². The number of hydrogen-bond acceptors (Lipinski definition) is 3. The van der Waals surface area contributed by atoms with Crippen molar-refractivity contribution in [1.82, 2.24) is 10.2 Å². The summed E-state index contributed by atoms with van der Waals surface area (Å²) in [6.07, 6.45) is -4.42. The number of rotatable bonds is 5. The van der Waals surface area contributed by atoms with Crippen LogP contribution in [0.5, 0.6) is 0 Å². The number of thiophene rings is 2. The summed E-state index contributed by atoms with van der Waals surface area (Å²) >= 11 is 2.83. The number of alkyl halides is 3. The van der Waals surface area contributed by atoms with Crippen LogP contribution in [0.25, 0.3) is 0 Å². The Hall–Kier alpha value is -1.54. The highest BCUT2D eigenvalue weighted by Gasteiger charge is 2.33. The van der Waals surface area contributed by atoms with Crippen LogP contribution in [0.2, 0.25) is 0 Å². The molecule has 0 radical (unpaired) electrons. The summed E-state index contributed by atoms with van der Waals surface area (Å²) in [6.45, 7) is -1.09. The van der Waals surface area contributed by atoms with E-state index in [1.807, 2.05) is 17.5 Å². The van der Waals surface area contributed by atoms with Gasteiger partial charge in [0, 0.05) is 11.4 Å². The van der Waals surface area contributed by atoms with Gasteiger partial charge in [-0.25, -0.2) is 4.79 Å². The average molecular weight is 334 g/mol. The second kappa shape index (κ2) is 6.95. The van der Waals surface area contributed by atoms with Crippen molar-refractivity contribution in [3.05, 3.63) is 44.8 Å². The first-order valence-electron chi connectivity index (χ1n) is 6.07. The van der Waals surface area contributed by atoms with Crippen molar-refractivity contribution < 1.29 is 18.0 Å². The quantitative estimate of drug-likeness (QED) is 0.878. The Morgan fingerprint density at radius 1 is 1.29 bits per heavy atom. The summed E-state index contributed by atoms with van der Waals surface area (Å²) in [4.78, 5) is 13.6. The van der Waals surface area contributed by atoms with Crippen LogP contribution in [0, 0.1) is 0 Å². The number of carbonyl (C=O) groups is 1. The molecule has 2 amide bonds. The smallest absolute Gasteiger partial charge is 0.333 e. The van der Waals surface area contributed by atoms with Crippen molar-refractivity contribution in [2.45, 2.75) is 19.3 Å². The molecular weight excluding hydrogens is 321 g/mol. The van der Waals surface area contributed by atoms with E-state index in [-0.39, 0.29) is 13.1 Å². The largest absolute Gasteiger partial charge is 0.406 e. The number of hydrogen-bond donors (Lipinski definition) is 1. The van der Waals surface area contributed by atoms with Crippen LogP contribution in [0.4, 0.5) is 18.0 Å². The SMILES string of the molecule is O=C(NCc1cccs1)N(Cc1ccsc1)CC(F)(F)F. The zero-order valence-electron chi connectivity index (χ0n) is 10.9. The highest BCUT2D eigenvalue weighted by molar-refractivity contribution is 7.09. The van der Waals surface area contributed by atoms with Gasteiger partial charge in [0.25, 0.3) is 0 Å². The molecule has 1 N–H and O–H groups in total. The lowest BCUT2D eigenvalue weighted by molar-refractivity contribution is -0.140. The fourth-order valence-electron chi connectivity index (χ4n) is 1.71. The Balaban J connectivity index is 1.97. The molecule has 0 spiro atoms. The predicted molar refractivity (Wildman–Crippen MR) is 77.3 cm³/mol. The van der Waals surface area contributed by atoms with E-state index in [2.05, 4.69) is 5.32 Å². The van der Waals surface area contributed by atoms with Crippen LogP contribution in [0.15, 0.2) is 34.3 Å². The Labute approximate surface area is 128 Å². The molecule has 114 valence electrons. The lowest BCUT2D eigenvalue weighted by atomic mass is 10.3. The molecule has 0 aliphatic rings. The van der Waals surface area contributed by atoms with E-state index in [1.165, 1.54) is 22.7 Å². The first-order chi connectivity index (χ1) is 9.94. The molecule has 0 fully saturated rings. The summed E-state index contributed by atoms with van der Waals surface area (Å²) in [6, 6.07) is 4.63. The molecule has 0 saturated carbocycles. The maximum atomic E-state index is 12.6. The first kappa shape index (κ1) is 15.8. The fourth-order valence-corrected chi connectivity index (χ4v) is 3.01. The monoisotopic (exact) mass is 334 g/mol. The molecule has 0 aliphatic heterocycles. The van der Waals surface area contributed by atoms with Gasteiger partial charge in [0.1, 0.15) is 6.54 Å². The predicted octanol–water partition coefficient (Wildman–Crippen LogP) is 4.08. The van der Waals surface area contributed by atoms with Gasteiger partial charge < -0.3 is 10.2 Å². The lowest BCUT2D eigenvalue weighted by Crippen LogP contribution is -2.44. The van der Waals surface area contributed by atoms with Crippen LogP contribution in [0.3, 0.4) is 0 Å². The Kier molecular flexibility index (Phi) is 5.24. The van der Waals surface area contributed by atoms with Gasteiger partial charge in [0.2, 0.25) is 0 Å². The van der Waals surface area contributed by atoms with Gasteiger partial charge in [-0.05, 0) is 33.8 Å². The van der Waals surface area contributed by atoms with Crippen molar-refractivity contribution in [2.75, 3.05) is 6.54 Å². The third-order valence-corrected chi connectivity index (χ3v) is 4.21. The standard InChI is InChI=1S/C13H13F3N2OS2/c14-13(15,16)9-18(7-10-3-5-20-8-10)12(19)17-6-11-2-1-4-21-11/h1-5,8H,6-7,9H2,(H,17,19). The molecule has 0 aliphatic carbocycles. The second-order valence-corrected chi connectivity index (χ2v) is 6.15. The zero-order chi connectivity index (χ0) is 15.3. The minimum Gasteiger partial charge on any atom is -0.333 e. The van der Waals surface area contributed by atoms with Crippen LogP contribution < -0.4 is 5.32 Å². The minimum absolute atomic E-state index is 0.0563. The zero-order valence-corrected chi connectivity index (χ0v) is 12.5. The van der Waals surface area contributed by atoms with E-state index in [0.29, 0.717) is 5.56 Å². The lowest BCUT2D eigenvalue weighted by Gasteiger charge is -2.23. The molecule has 21 heavy (non-hydrogen) atoms. The number of nitrogens with one attached hydrogen (secondary N) is 1. The molecule has 3 nitrogen and oxygen atoms in total. The Morgan fingerprint density at radius 2 is 2.10 bits per heavy atom. The Bertz CT molecular complexity index is 552. The molecule has 0 atom stereocenters. The molecule has 2 aromatic heterocycles. The van der Waals surface area contributed by atoms with Gasteiger partial charge in [0.15, 0.2) is 0 Å². The van der Waals surface area contributed by atoms with E-state index in [4.69, 9.17) is 0 Å². The number of urea groups is 1. The number of nitrogens with zero attached hydrogens (tertiary/aromatic N) is 1. The molecule has 8 heteroatoms. The number of carbonyl (C=O) groups excluding carboxylic acids is 1. The molecule has 0 bridgehead atoms. The molecule has 2 aromatic rings. The van der Waals surface area contributed by atoms with Gasteiger partial charge in [-0.15, -0.1) is 11.3 Å². The highest BCUT2D eigenvalue weighted by Crippen LogP contribution is 2.19. The van der Waals surface area contributed by atoms with Crippen LogP contribution in [-0.4, -0.2) is 23.7 Å². The van der Waals surface area contributed by atoms with Crippen molar-refractivity contribution in [3.8, 4) is 0 Å². The van der Waals surface area contributed by atoms with Gasteiger partial charge >= 0.3 is 12.2 Å². The maximum absolute atomic E-state index is 12.6. The topological polar surface area (TPSA) is 32.3 Å². The van der Waals surface area contributed by atoms with E-state index in [0.717, 1.165) is 9.78 Å². The van der Waals surface area contributed by atoms with Crippen LogP contribution in [0.1, 0.15) is 10.4 Å². The third-order valence-electron chi connectivity index (χ3n) is 2.60. The first-order valence-corrected chi connectivity index (χ1v) is 7.89. The summed E-state index contributed by atoms with van der Waals surface area (Å²) in [5, 5.41) is 7.87. The minimum atomic E-state index is -4.42. The van der Waals surface area contributed by atoms with Crippen molar-refractivity contribution in [1.29, 1.82) is 0 Å². The third kappa shape index (κ3) is 5.39. The van der Waals surface area contributed by atoms with Crippen molar-refractivity contribution >= 4 is 28.7 Å². The van der Waals surface area contributed by atoms with E-state index >= 15 is 0 Å². The van der Waals surface area contributed by atoms with Crippen molar-refractivity contribution in [3.63, 3.8) is 0 Å². The number of amides is 2. The molecule has 2 rings (SSSR count). The molecule has 2 heterocycles. The molecular formula is C13H13F3N2OS2. The highest BCUT2D eigenvalue weighted by atomic mass is 32.1. The molecule has 0 saturated heterocycles. The van der Waals surface area contributed by atoms with E-state index in [9.17, 15) is 18.0 Å². The summed E-state index contributed by atoms with van der Waals surface area (Å²) in [5.41, 5.74) is 0.690. The van der Waals surface area contributed by atoms with E-state index in [1.54, 1.807) is 16.8 Å². The van der Waals surface area contributed by atoms with Crippen LogP contribution >= 0.6 is 22.7 Å². The van der Waals surface area contributed by atoms with Crippen LogP contribution in [-0.2, 0) is 13.1 Å². The summed E-state index contributed by atoms with van der Waals surface area (Å²) in [5.74, 6) is 0. The number of halogens is 3. The Morgan fingerprint density at radius 3 is 2.67 bits per heavy atom. The average Bonchev–Trinajstić information content (AvgIpc) is 3.06. The van der Waals surface area contributed by atoms with Gasteiger partial charge in [-0.3, -0.25) is 0 Å². The van der Waals surface area contributed by atoms with Gasteiger partial charge in [-0.2, -0.15) is 24.5 Å². The molecule has 0 aromatic carbocycles. The molecule has 0 unspecified atom stereocenters. The van der Waals surface area contributed by atoms with Crippen molar-refractivity contribution in [2.24, 2.45) is 0 Å². The summed E-state index contributed by atoms with van der Waals surface area (Å²) < 4.78 is 37.8. The normalized spacial score (nSPS) is 11.4.